The number of carbonyl (C=O) groups excluding carboxylic acids is 3. The lowest BCUT2D eigenvalue weighted by Gasteiger charge is -2.26. The van der Waals surface area contributed by atoms with E-state index in [0.29, 0.717) is 31.5 Å². The normalized spacial score (nSPS) is 14.6. The van der Waals surface area contributed by atoms with Gasteiger partial charge in [0.05, 0.1) is 26.3 Å². The second-order valence-electron chi connectivity index (χ2n) is 7.31. The van der Waals surface area contributed by atoms with Gasteiger partial charge in [0, 0.05) is 10.0 Å². The van der Waals surface area contributed by atoms with Gasteiger partial charge in [-0.2, -0.15) is 5.26 Å². The molecule has 0 aromatic heterocycles. The highest BCUT2D eigenvalue weighted by Gasteiger charge is 2.36. The number of anilines is 1. The second kappa shape index (κ2) is 10.6. The number of amides is 4. The van der Waals surface area contributed by atoms with Crippen molar-refractivity contribution in [1.82, 2.24) is 5.32 Å². The summed E-state index contributed by atoms with van der Waals surface area (Å²) in [5, 5.41) is 11.5. The number of rotatable bonds is 5. The third kappa shape index (κ3) is 5.37. The van der Waals surface area contributed by atoms with Crippen LogP contribution in [-0.4, -0.2) is 17.8 Å². The van der Waals surface area contributed by atoms with E-state index in [-0.39, 0.29) is 12.2 Å². The van der Waals surface area contributed by atoms with E-state index in [0.717, 1.165) is 14.9 Å². The van der Waals surface area contributed by atoms with Gasteiger partial charge in [-0.05, 0) is 86.0 Å². The van der Waals surface area contributed by atoms with Gasteiger partial charge in [-0.3, -0.25) is 14.9 Å². The highest BCUT2D eigenvalue weighted by molar-refractivity contribution is 9.11. The van der Waals surface area contributed by atoms with Crippen LogP contribution >= 0.6 is 47.8 Å². The molecule has 0 radical (unpaired) electrons. The minimum atomic E-state index is -0.816. The Morgan fingerprint density at radius 3 is 2.29 bits per heavy atom. The molecule has 1 saturated heterocycles. The van der Waals surface area contributed by atoms with Crippen LogP contribution in [0.4, 0.5) is 10.5 Å². The number of hydrogen-bond acceptors (Lipinski definition) is 5. The summed E-state index contributed by atoms with van der Waals surface area (Å²) in [5.74, 6) is -1.03. The second-order valence-corrected chi connectivity index (χ2v) is 9.93. The third-order valence-corrected chi connectivity index (χ3v) is 6.73. The molecule has 3 aromatic rings. The minimum Gasteiger partial charge on any atom is -0.486 e. The standard InChI is InChI=1S/C25H14Br3N3O4/c26-17-5-7-18(8-6-17)31-24(33)19(23(32)30-25(31)34)9-14-10-20(27)22(21(28)11-14)35-13-16-4-2-1-3-15(16)12-29/h1-11H,13H2,(H,30,32,34)/b19-9-. The summed E-state index contributed by atoms with van der Waals surface area (Å²) >= 11 is 10.2. The average Bonchev–Trinajstić information content (AvgIpc) is 2.82. The summed E-state index contributed by atoms with van der Waals surface area (Å²) < 4.78 is 7.83. The van der Waals surface area contributed by atoms with Crippen LogP contribution in [0.5, 0.6) is 5.75 Å². The summed E-state index contributed by atoms with van der Waals surface area (Å²) in [7, 11) is 0. The molecule has 4 rings (SSSR count). The summed E-state index contributed by atoms with van der Waals surface area (Å²) in [5.41, 5.74) is 1.92. The monoisotopic (exact) mass is 657 g/mol. The first-order chi connectivity index (χ1) is 16.8. The molecule has 1 N–H and O–H groups in total. The molecule has 35 heavy (non-hydrogen) atoms. The van der Waals surface area contributed by atoms with Gasteiger partial charge in [-0.15, -0.1) is 0 Å². The number of halogens is 3. The molecule has 0 saturated carbocycles. The highest BCUT2D eigenvalue weighted by atomic mass is 79.9. The first-order valence-corrected chi connectivity index (χ1v) is 12.4. The van der Waals surface area contributed by atoms with Crippen LogP contribution in [-0.2, 0) is 16.2 Å². The van der Waals surface area contributed by atoms with Crippen LogP contribution in [0.2, 0.25) is 0 Å². The summed E-state index contributed by atoms with van der Waals surface area (Å²) in [6.45, 7) is 0.173. The maximum Gasteiger partial charge on any atom is 0.335 e. The van der Waals surface area contributed by atoms with Crippen LogP contribution in [0.1, 0.15) is 16.7 Å². The Hall–Kier alpha value is -3.26. The van der Waals surface area contributed by atoms with Crippen molar-refractivity contribution in [2.75, 3.05) is 4.90 Å². The Labute approximate surface area is 225 Å². The smallest absolute Gasteiger partial charge is 0.335 e. The number of imide groups is 2. The fraction of sp³-hybridized carbons (Fsp3) is 0.0400. The Bertz CT molecular complexity index is 1410. The van der Waals surface area contributed by atoms with Gasteiger partial charge in [0.2, 0.25) is 0 Å². The van der Waals surface area contributed by atoms with E-state index in [2.05, 4.69) is 59.2 Å². The highest BCUT2D eigenvalue weighted by Crippen LogP contribution is 2.36. The van der Waals surface area contributed by atoms with E-state index in [4.69, 9.17) is 4.74 Å². The predicted molar refractivity (Wildman–Crippen MR) is 140 cm³/mol. The molecule has 1 aliphatic rings. The van der Waals surface area contributed by atoms with Crippen molar-refractivity contribution < 1.29 is 19.1 Å². The molecule has 0 aliphatic carbocycles. The van der Waals surface area contributed by atoms with Gasteiger partial charge >= 0.3 is 6.03 Å². The molecule has 4 amide bonds. The lowest BCUT2D eigenvalue weighted by atomic mass is 10.1. The molecule has 1 fully saturated rings. The van der Waals surface area contributed by atoms with Gasteiger partial charge in [0.25, 0.3) is 11.8 Å². The van der Waals surface area contributed by atoms with Gasteiger partial charge in [-0.1, -0.05) is 34.1 Å². The molecule has 174 valence electrons. The molecular formula is C25H14Br3N3O4. The van der Waals surface area contributed by atoms with Crippen molar-refractivity contribution in [3.05, 3.63) is 96.3 Å². The van der Waals surface area contributed by atoms with Gasteiger partial charge in [0.15, 0.2) is 0 Å². The molecule has 3 aromatic carbocycles. The van der Waals surface area contributed by atoms with Crippen molar-refractivity contribution in [2.24, 2.45) is 0 Å². The zero-order valence-electron chi connectivity index (χ0n) is 17.7. The van der Waals surface area contributed by atoms with Crippen LogP contribution < -0.4 is 15.0 Å². The Morgan fingerprint density at radius 2 is 1.63 bits per heavy atom. The van der Waals surface area contributed by atoms with Gasteiger partial charge < -0.3 is 4.74 Å². The number of ether oxygens (including phenoxy) is 1. The quantitative estimate of drug-likeness (QED) is 0.264. The van der Waals surface area contributed by atoms with Gasteiger partial charge in [0.1, 0.15) is 17.9 Å². The fourth-order valence-electron chi connectivity index (χ4n) is 3.35. The predicted octanol–water partition coefficient (Wildman–Crippen LogP) is 6.09. The molecule has 0 atom stereocenters. The maximum absolute atomic E-state index is 13.1. The minimum absolute atomic E-state index is 0.173. The SMILES string of the molecule is N#Cc1ccccc1COc1c(Br)cc(/C=C2/C(=O)NC(=O)N(c3ccc(Br)cc3)C2=O)cc1Br. The number of carbonyl (C=O) groups is 3. The van der Waals surface area contributed by atoms with E-state index < -0.39 is 17.8 Å². The van der Waals surface area contributed by atoms with Crippen molar-refractivity contribution >= 4 is 77.4 Å². The van der Waals surface area contributed by atoms with Crippen LogP contribution in [0.3, 0.4) is 0 Å². The topological polar surface area (TPSA) is 99.5 Å². The molecule has 1 aliphatic heterocycles. The largest absolute Gasteiger partial charge is 0.486 e. The lowest BCUT2D eigenvalue weighted by molar-refractivity contribution is -0.122. The van der Waals surface area contributed by atoms with E-state index in [9.17, 15) is 19.6 Å². The summed E-state index contributed by atoms with van der Waals surface area (Å²) in [4.78, 5) is 38.8. The molecule has 7 nitrogen and oxygen atoms in total. The Kier molecular flexibility index (Phi) is 7.50. The zero-order chi connectivity index (χ0) is 25.1. The molecule has 10 heteroatoms. The Morgan fingerprint density at radius 1 is 0.971 bits per heavy atom. The summed E-state index contributed by atoms with van der Waals surface area (Å²) in [6, 6.07) is 18.4. The number of benzene rings is 3. The van der Waals surface area contributed by atoms with Crippen LogP contribution in [0.15, 0.2) is 79.7 Å². The third-order valence-electron chi connectivity index (χ3n) is 5.03. The summed E-state index contributed by atoms with van der Waals surface area (Å²) in [6.07, 6.45) is 1.40. The molecule has 1 heterocycles. The molecule has 0 unspecified atom stereocenters. The average molecular weight is 660 g/mol. The van der Waals surface area contributed by atoms with Crippen molar-refractivity contribution in [3.8, 4) is 11.8 Å². The zero-order valence-corrected chi connectivity index (χ0v) is 22.5. The molecule has 0 spiro atoms. The van der Waals surface area contributed by atoms with Gasteiger partial charge in [-0.25, -0.2) is 9.69 Å². The van der Waals surface area contributed by atoms with E-state index >= 15 is 0 Å². The van der Waals surface area contributed by atoms with Crippen molar-refractivity contribution in [2.45, 2.75) is 6.61 Å². The number of nitrogens with zero attached hydrogens (tertiary/aromatic N) is 2. The number of nitriles is 1. The molecule has 0 bridgehead atoms. The van der Waals surface area contributed by atoms with E-state index in [1.165, 1.54) is 6.08 Å². The lowest BCUT2D eigenvalue weighted by Crippen LogP contribution is -2.54. The van der Waals surface area contributed by atoms with Crippen molar-refractivity contribution in [3.63, 3.8) is 0 Å². The number of nitrogens with one attached hydrogen (secondary N) is 1. The Balaban J connectivity index is 1.61. The van der Waals surface area contributed by atoms with E-state index in [1.807, 2.05) is 12.1 Å². The first kappa shape index (κ1) is 24.9. The van der Waals surface area contributed by atoms with E-state index in [1.54, 1.807) is 48.5 Å². The van der Waals surface area contributed by atoms with Crippen LogP contribution in [0, 0.1) is 11.3 Å². The number of hydrogen-bond donors (Lipinski definition) is 1. The van der Waals surface area contributed by atoms with Crippen molar-refractivity contribution in [1.29, 1.82) is 5.26 Å². The van der Waals surface area contributed by atoms with Crippen LogP contribution in [0.25, 0.3) is 6.08 Å². The first-order valence-electron chi connectivity index (χ1n) is 10.1. The number of urea groups is 1. The maximum atomic E-state index is 13.1. The molecular weight excluding hydrogens is 646 g/mol. The number of barbiturate groups is 1. The fourth-order valence-corrected chi connectivity index (χ4v) is 5.07.